The van der Waals surface area contributed by atoms with E-state index in [-0.39, 0.29) is 13.2 Å². The second-order valence-corrected chi connectivity index (χ2v) is 2.48. The van der Waals surface area contributed by atoms with Crippen molar-refractivity contribution in [2.24, 2.45) is 0 Å². The molecule has 0 bridgehead atoms. The molecule has 0 radical (unpaired) electrons. The molecule has 0 aliphatic carbocycles. The van der Waals surface area contributed by atoms with Gasteiger partial charge in [-0.25, -0.2) is 4.79 Å². The van der Waals surface area contributed by atoms with E-state index in [1.807, 2.05) is 13.8 Å². The molecule has 0 unspecified atom stereocenters. The van der Waals surface area contributed by atoms with Gasteiger partial charge < -0.3 is 14.9 Å². The van der Waals surface area contributed by atoms with E-state index in [0.29, 0.717) is 5.75 Å². The molecule has 0 fully saturated rings. The molecule has 0 aliphatic heterocycles. The minimum Gasteiger partial charge on any atom is -0.482 e. The number of ether oxygens (including phenoxy) is 1. The highest BCUT2D eigenvalue weighted by Crippen LogP contribution is 2.11. The van der Waals surface area contributed by atoms with Gasteiger partial charge in [0, 0.05) is 0 Å². The number of hydrogen-bond acceptors (Lipinski definition) is 3. The van der Waals surface area contributed by atoms with Gasteiger partial charge in [0.2, 0.25) is 0 Å². The Morgan fingerprint density at radius 2 is 1.80 bits per heavy atom. The molecule has 0 atom stereocenters. The quantitative estimate of drug-likeness (QED) is 0.796. The lowest BCUT2D eigenvalue weighted by atomic mass is 10.2. The average molecular weight is 212 g/mol. The Hall–Kier alpha value is -1.55. The summed E-state index contributed by atoms with van der Waals surface area (Å²) in [6.07, 6.45) is 0. The average Bonchev–Trinajstić information content (AvgIpc) is 2.30. The number of carboxylic acids is 1. The molecule has 0 aliphatic rings. The van der Waals surface area contributed by atoms with E-state index in [1.54, 1.807) is 24.3 Å². The zero-order valence-electron chi connectivity index (χ0n) is 8.93. The van der Waals surface area contributed by atoms with Gasteiger partial charge in [0.1, 0.15) is 5.75 Å². The summed E-state index contributed by atoms with van der Waals surface area (Å²) in [5.41, 5.74) is 0.766. The third kappa shape index (κ3) is 5.70. The molecule has 0 aromatic heterocycles. The summed E-state index contributed by atoms with van der Waals surface area (Å²) < 4.78 is 4.89. The Kier molecular flexibility index (Phi) is 7.01. The number of benzene rings is 1. The van der Waals surface area contributed by atoms with Crippen LogP contribution < -0.4 is 4.74 Å². The van der Waals surface area contributed by atoms with Crippen LogP contribution in [0.2, 0.25) is 0 Å². The number of carbonyl (C=O) groups is 1. The van der Waals surface area contributed by atoms with Crippen molar-refractivity contribution in [1.29, 1.82) is 0 Å². The summed E-state index contributed by atoms with van der Waals surface area (Å²) in [5, 5.41) is 17.0. The van der Waals surface area contributed by atoms with Gasteiger partial charge in [-0.15, -0.1) is 0 Å². The summed E-state index contributed by atoms with van der Waals surface area (Å²) in [7, 11) is 0. The lowest BCUT2D eigenvalue weighted by Gasteiger charge is -2.02. The van der Waals surface area contributed by atoms with Gasteiger partial charge in [-0.1, -0.05) is 26.0 Å². The first kappa shape index (κ1) is 13.4. The lowest BCUT2D eigenvalue weighted by molar-refractivity contribution is -0.139. The predicted molar refractivity (Wildman–Crippen MR) is 56.8 cm³/mol. The first-order valence-corrected chi connectivity index (χ1v) is 4.77. The maximum atomic E-state index is 10.1. The van der Waals surface area contributed by atoms with Gasteiger partial charge >= 0.3 is 5.97 Å². The van der Waals surface area contributed by atoms with E-state index in [2.05, 4.69) is 0 Å². The summed E-state index contributed by atoms with van der Waals surface area (Å²) in [6.45, 7) is 3.62. The van der Waals surface area contributed by atoms with Crippen molar-refractivity contribution >= 4 is 5.97 Å². The van der Waals surface area contributed by atoms with Crippen LogP contribution in [0.5, 0.6) is 5.75 Å². The van der Waals surface area contributed by atoms with Gasteiger partial charge in [0.15, 0.2) is 6.61 Å². The van der Waals surface area contributed by atoms with Crippen LogP contribution in [0, 0.1) is 0 Å². The fraction of sp³-hybridized carbons (Fsp3) is 0.364. The summed E-state index contributed by atoms with van der Waals surface area (Å²) in [5.74, 6) is -0.522. The molecular weight excluding hydrogens is 196 g/mol. The minimum absolute atomic E-state index is 0.0286. The fourth-order valence-electron chi connectivity index (χ4n) is 0.836. The number of aliphatic hydroxyl groups excluding tert-OH is 1. The number of rotatable bonds is 4. The molecule has 4 nitrogen and oxygen atoms in total. The smallest absolute Gasteiger partial charge is 0.341 e. The van der Waals surface area contributed by atoms with Crippen molar-refractivity contribution in [3.63, 3.8) is 0 Å². The number of carboxylic acid groups (broad SMARTS) is 1. The van der Waals surface area contributed by atoms with Crippen molar-refractivity contribution in [3.05, 3.63) is 29.8 Å². The van der Waals surface area contributed by atoms with E-state index in [9.17, 15) is 4.79 Å². The molecule has 15 heavy (non-hydrogen) atoms. The maximum absolute atomic E-state index is 10.1. The molecule has 0 amide bonds. The zero-order valence-corrected chi connectivity index (χ0v) is 8.93. The predicted octanol–water partition coefficient (Wildman–Crippen LogP) is 1.67. The van der Waals surface area contributed by atoms with Crippen molar-refractivity contribution < 1.29 is 19.7 Å². The Morgan fingerprint density at radius 1 is 1.27 bits per heavy atom. The maximum Gasteiger partial charge on any atom is 0.341 e. The third-order valence-electron chi connectivity index (χ3n) is 1.47. The van der Waals surface area contributed by atoms with E-state index >= 15 is 0 Å². The van der Waals surface area contributed by atoms with E-state index in [0.717, 1.165) is 5.56 Å². The third-order valence-corrected chi connectivity index (χ3v) is 1.47. The Bertz CT molecular complexity index is 279. The van der Waals surface area contributed by atoms with Gasteiger partial charge in [-0.3, -0.25) is 0 Å². The Balaban J connectivity index is 0.000000921. The van der Waals surface area contributed by atoms with Crippen molar-refractivity contribution in [3.8, 4) is 5.75 Å². The molecule has 1 aromatic carbocycles. The first-order valence-electron chi connectivity index (χ1n) is 4.77. The second kappa shape index (κ2) is 7.82. The SMILES string of the molecule is CC.O=C(O)COc1ccc(CO)cc1. The van der Waals surface area contributed by atoms with Gasteiger partial charge in [-0.05, 0) is 17.7 Å². The van der Waals surface area contributed by atoms with Crippen LogP contribution in [0.25, 0.3) is 0 Å². The first-order chi connectivity index (χ1) is 7.22. The van der Waals surface area contributed by atoms with Gasteiger partial charge in [-0.2, -0.15) is 0 Å². The number of hydrogen-bond donors (Lipinski definition) is 2. The lowest BCUT2D eigenvalue weighted by Crippen LogP contribution is -2.09. The van der Waals surface area contributed by atoms with Crippen molar-refractivity contribution in [2.75, 3.05) is 6.61 Å². The largest absolute Gasteiger partial charge is 0.482 e. The Morgan fingerprint density at radius 3 is 2.20 bits per heavy atom. The molecule has 0 heterocycles. The molecule has 0 spiro atoms. The van der Waals surface area contributed by atoms with Crippen LogP contribution in [-0.4, -0.2) is 22.8 Å². The van der Waals surface area contributed by atoms with Gasteiger partial charge in [0.05, 0.1) is 6.61 Å². The Labute approximate surface area is 89.1 Å². The van der Waals surface area contributed by atoms with Crippen LogP contribution in [0.1, 0.15) is 19.4 Å². The topological polar surface area (TPSA) is 66.8 Å². The molecule has 84 valence electrons. The van der Waals surface area contributed by atoms with Crippen LogP contribution >= 0.6 is 0 Å². The molecule has 4 heteroatoms. The van der Waals surface area contributed by atoms with Crippen LogP contribution in [0.4, 0.5) is 0 Å². The zero-order chi connectivity index (χ0) is 11.7. The highest BCUT2D eigenvalue weighted by atomic mass is 16.5. The molecule has 2 N–H and O–H groups in total. The van der Waals surface area contributed by atoms with Crippen molar-refractivity contribution in [2.45, 2.75) is 20.5 Å². The summed E-state index contributed by atoms with van der Waals surface area (Å²) in [6, 6.07) is 6.59. The molecule has 0 saturated carbocycles. The number of aliphatic carboxylic acids is 1. The standard InChI is InChI=1S/C9H10O4.C2H6/c10-5-7-1-3-8(4-2-7)13-6-9(11)12;1-2/h1-4,10H,5-6H2,(H,11,12);1-2H3. The molecule has 1 aromatic rings. The van der Waals surface area contributed by atoms with E-state index in [4.69, 9.17) is 14.9 Å². The molecular formula is C11H16O4. The summed E-state index contributed by atoms with van der Waals surface area (Å²) >= 11 is 0. The second-order valence-electron chi connectivity index (χ2n) is 2.48. The highest BCUT2D eigenvalue weighted by Gasteiger charge is 1.98. The minimum atomic E-state index is -1.01. The van der Waals surface area contributed by atoms with E-state index in [1.165, 1.54) is 0 Å². The van der Waals surface area contributed by atoms with Crippen LogP contribution in [0.3, 0.4) is 0 Å². The van der Waals surface area contributed by atoms with Crippen LogP contribution in [0.15, 0.2) is 24.3 Å². The summed E-state index contributed by atoms with van der Waals surface area (Å²) in [4.78, 5) is 10.1. The van der Waals surface area contributed by atoms with Gasteiger partial charge in [0.25, 0.3) is 0 Å². The van der Waals surface area contributed by atoms with Crippen molar-refractivity contribution in [1.82, 2.24) is 0 Å². The van der Waals surface area contributed by atoms with Crippen LogP contribution in [-0.2, 0) is 11.4 Å². The monoisotopic (exact) mass is 212 g/mol. The molecule has 1 rings (SSSR count). The fourth-order valence-corrected chi connectivity index (χ4v) is 0.836. The number of aliphatic hydroxyl groups is 1. The normalized spacial score (nSPS) is 8.73. The van der Waals surface area contributed by atoms with E-state index < -0.39 is 5.97 Å². The molecule has 0 saturated heterocycles. The highest BCUT2D eigenvalue weighted by molar-refractivity contribution is 5.68.